The van der Waals surface area contributed by atoms with Crippen LogP contribution < -0.4 is 10.6 Å². The van der Waals surface area contributed by atoms with E-state index >= 15 is 0 Å². The monoisotopic (exact) mass is 493 g/mol. The number of rotatable bonds is 7. The summed E-state index contributed by atoms with van der Waals surface area (Å²) in [5.74, 6) is 0.806. The highest BCUT2D eigenvalue weighted by atomic mass is 127. The SMILES string of the molecule is CCNC(=NCc1ccccc1-n1nc(C)cc1C)NCCn1ccnc1.I. The Hall–Kier alpha value is -2.36. The largest absolute Gasteiger partial charge is 0.357 e. The lowest BCUT2D eigenvalue weighted by Gasteiger charge is -2.13. The molecule has 0 spiro atoms. The summed E-state index contributed by atoms with van der Waals surface area (Å²) in [4.78, 5) is 8.81. The van der Waals surface area contributed by atoms with Crippen molar-refractivity contribution in [3.05, 3.63) is 66.0 Å². The highest BCUT2D eigenvalue weighted by Crippen LogP contribution is 2.17. The molecule has 2 aromatic heterocycles. The summed E-state index contributed by atoms with van der Waals surface area (Å²) in [7, 11) is 0. The van der Waals surface area contributed by atoms with Crippen LogP contribution in [0.4, 0.5) is 0 Å². The summed E-state index contributed by atoms with van der Waals surface area (Å²) >= 11 is 0. The predicted octanol–water partition coefficient (Wildman–Crippen LogP) is 3.06. The van der Waals surface area contributed by atoms with Crippen LogP contribution in [-0.4, -0.2) is 38.4 Å². The van der Waals surface area contributed by atoms with Gasteiger partial charge in [0.2, 0.25) is 0 Å². The van der Waals surface area contributed by atoms with E-state index in [1.807, 2.05) is 40.8 Å². The minimum atomic E-state index is 0. The van der Waals surface area contributed by atoms with Crippen molar-refractivity contribution in [2.24, 2.45) is 4.99 Å². The van der Waals surface area contributed by atoms with Crippen LogP contribution in [0.25, 0.3) is 5.69 Å². The van der Waals surface area contributed by atoms with Crippen molar-refractivity contribution in [2.45, 2.75) is 33.9 Å². The molecule has 0 atom stereocenters. The maximum absolute atomic E-state index is 4.75. The molecule has 0 saturated carbocycles. The standard InChI is InChI=1S/C20H27N7.HI/c1-4-22-20(23-10-12-26-11-9-21-15-26)24-14-18-7-5-6-8-19(18)27-17(3)13-16(2)25-27;/h5-9,11,13,15H,4,10,12,14H2,1-3H3,(H2,22,23,24);1H. The minimum Gasteiger partial charge on any atom is -0.357 e. The highest BCUT2D eigenvalue weighted by molar-refractivity contribution is 14.0. The second-order valence-electron chi connectivity index (χ2n) is 6.39. The molecule has 28 heavy (non-hydrogen) atoms. The van der Waals surface area contributed by atoms with Crippen LogP contribution in [0, 0.1) is 13.8 Å². The molecule has 0 fully saturated rings. The molecule has 150 valence electrons. The maximum Gasteiger partial charge on any atom is 0.191 e. The van der Waals surface area contributed by atoms with E-state index in [0.717, 1.165) is 48.2 Å². The lowest BCUT2D eigenvalue weighted by atomic mass is 10.2. The zero-order valence-electron chi connectivity index (χ0n) is 16.6. The number of aryl methyl sites for hydroxylation is 2. The van der Waals surface area contributed by atoms with Gasteiger partial charge in [-0.3, -0.25) is 0 Å². The number of halogens is 1. The average Bonchev–Trinajstić information content (AvgIpc) is 3.29. The molecular weight excluding hydrogens is 465 g/mol. The second kappa shape index (κ2) is 10.8. The van der Waals surface area contributed by atoms with Crippen LogP contribution in [0.15, 0.2) is 54.0 Å². The summed E-state index contributed by atoms with van der Waals surface area (Å²) in [6, 6.07) is 10.4. The average molecular weight is 493 g/mol. The van der Waals surface area contributed by atoms with Gasteiger partial charge in [-0.25, -0.2) is 14.7 Å². The quantitative estimate of drug-likeness (QED) is 0.302. The molecule has 2 heterocycles. The molecule has 8 heteroatoms. The number of guanidine groups is 1. The van der Waals surface area contributed by atoms with E-state index < -0.39 is 0 Å². The number of aromatic nitrogens is 4. The molecule has 0 bridgehead atoms. The van der Waals surface area contributed by atoms with Crippen LogP contribution in [0.1, 0.15) is 23.9 Å². The van der Waals surface area contributed by atoms with Crippen LogP contribution >= 0.6 is 24.0 Å². The Bertz CT molecular complexity index is 884. The maximum atomic E-state index is 4.75. The van der Waals surface area contributed by atoms with Gasteiger partial charge >= 0.3 is 0 Å². The summed E-state index contributed by atoms with van der Waals surface area (Å²) in [6.45, 7) is 9.16. The third kappa shape index (κ3) is 5.82. The van der Waals surface area contributed by atoms with E-state index in [1.54, 1.807) is 6.20 Å². The number of imidazole rings is 1. The Morgan fingerprint density at radius 2 is 2.00 bits per heavy atom. The van der Waals surface area contributed by atoms with E-state index in [1.165, 1.54) is 0 Å². The zero-order chi connectivity index (χ0) is 19.1. The van der Waals surface area contributed by atoms with Gasteiger partial charge < -0.3 is 15.2 Å². The van der Waals surface area contributed by atoms with Crippen molar-refractivity contribution >= 4 is 29.9 Å². The topological polar surface area (TPSA) is 72.1 Å². The van der Waals surface area contributed by atoms with E-state index in [4.69, 9.17) is 4.99 Å². The van der Waals surface area contributed by atoms with E-state index in [2.05, 4.69) is 52.8 Å². The number of nitrogens with zero attached hydrogens (tertiary/aromatic N) is 5. The Morgan fingerprint density at radius 1 is 1.18 bits per heavy atom. The van der Waals surface area contributed by atoms with Gasteiger partial charge in [0.25, 0.3) is 0 Å². The molecular formula is C20H28IN7. The van der Waals surface area contributed by atoms with Gasteiger partial charge in [0, 0.05) is 37.7 Å². The van der Waals surface area contributed by atoms with Crippen LogP contribution in [-0.2, 0) is 13.1 Å². The van der Waals surface area contributed by atoms with Gasteiger partial charge in [-0.1, -0.05) is 18.2 Å². The van der Waals surface area contributed by atoms with Gasteiger partial charge in [-0.15, -0.1) is 24.0 Å². The fourth-order valence-electron chi connectivity index (χ4n) is 2.95. The molecule has 0 aliphatic rings. The first kappa shape index (κ1) is 21.9. The normalized spacial score (nSPS) is 11.2. The minimum absolute atomic E-state index is 0. The Labute approximate surface area is 183 Å². The van der Waals surface area contributed by atoms with Crippen LogP contribution in [0.5, 0.6) is 0 Å². The lowest BCUT2D eigenvalue weighted by Crippen LogP contribution is -2.38. The van der Waals surface area contributed by atoms with Crippen molar-refractivity contribution < 1.29 is 0 Å². The first-order valence-electron chi connectivity index (χ1n) is 9.27. The van der Waals surface area contributed by atoms with Crippen molar-refractivity contribution in [1.29, 1.82) is 0 Å². The molecule has 1 aromatic carbocycles. The van der Waals surface area contributed by atoms with Gasteiger partial charge in [0.15, 0.2) is 5.96 Å². The van der Waals surface area contributed by atoms with Crippen molar-refractivity contribution in [2.75, 3.05) is 13.1 Å². The van der Waals surface area contributed by atoms with Gasteiger partial charge in [-0.2, -0.15) is 5.10 Å². The number of aliphatic imine (C=N–C) groups is 1. The summed E-state index contributed by atoms with van der Waals surface area (Å²) in [5.41, 5.74) is 4.34. The van der Waals surface area contributed by atoms with E-state index in [9.17, 15) is 0 Å². The lowest BCUT2D eigenvalue weighted by molar-refractivity contribution is 0.662. The number of hydrogen-bond donors (Lipinski definition) is 2. The number of benzene rings is 1. The molecule has 0 unspecified atom stereocenters. The Morgan fingerprint density at radius 3 is 2.68 bits per heavy atom. The molecule has 3 rings (SSSR count). The molecule has 0 amide bonds. The van der Waals surface area contributed by atoms with Gasteiger partial charge in [0.1, 0.15) is 0 Å². The zero-order valence-corrected chi connectivity index (χ0v) is 18.9. The second-order valence-corrected chi connectivity index (χ2v) is 6.39. The van der Waals surface area contributed by atoms with E-state index in [0.29, 0.717) is 6.54 Å². The summed E-state index contributed by atoms with van der Waals surface area (Å²) in [6.07, 6.45) is 5.56. The molecule has 0 radical (unpaired) electrons. The summed E-state index contributed by atoms with van der Waals surface area (Å²) in [5, 5.41) is 11.3. The molecule has 0 aliphatic carbocycles. The number of nitrogens with one attached hydrogen (secondary N) is 2. The Balaban J connectivity index is 0.00000280. The summed E-state index contributed by atoms with van der Waals surface area (Å²) < 4.78 is 4.02. The van der Waals surface area contributed by atoms with Crippen LogP contribution in [0.3, 0.4) is 0 Å². The molecule has 3 aromatic rings. The molecule has 0 saturated heterocycles. The van der Waals surface area contributed by atoms with Crippen molar-refractivity contribution in [3.63, 3.8) is 0 Å². The fraction of sp³-hybridized carbons (Fsp3) is 0.350. The molecule has 7 nitrogen and oxygen atoms in total. The van der Waals surface area contributed by atoms with Crippen molar-refractivity contribution in [1.82, 2.24) is 30.0 Å². The molecule has 2 N–H and O–H groups in total. The van der Waals surface area contributed by atoms with Crippen molar-refractivity contribution in [3.8, 4) is 5.69 Å². The third-order valence-electron chi connectivity index (χ3n) is 4.20. The molecule has 0 aliphatic heterocycles. The first-order valence-corrected chi connectivity index (χ1v) is 9.27. The van der Waals surface area contributed by atoms with Crippen LogP contribution in [0.2, 0.25) is 0 Å². The van der Waals surface area contributed by atoms with Gasteiger partial charge in [-0.05, 0) is 38.5 Å². The van der Waals surface area contributed by atoms with Gasteiger partial charge in [0.05, 0.1) is 24.3 Å². The first-order chi connectivity index (χ1) is 13.2. The van der Waals surface area contributed by atoms with E-state index in [-0.39, 0.29) is 24.0 Å². The fourth-order valence-corrected chi connectivity index (χ4v) is 2.95. The third-order valence-corrected chi connectivity index (χ3v) is 4.20. The smallest absolute Gasteiger partial charge is 0.191 e. The number of hydrogen-bond acceptors (Lipinski definition) is 3. The number of para-hydroxylation sites is 1. The Kier molecular flexibility index (Phi) is 8.49. The predicted molar refractivity (Wildman–Crippen MR) is 123 cm³/mol. The highest BCUT2D eigenvalue weighted by Gasteiger charge is 2.08.